The van der Waals surface area contributed by atoms with Gasteiger partial charge in [-0.05, 0) is 0 Å². The Morgan fingerprint density at radius 1 is 1.15 bits per heavy atom. The average Bonchev–Trinajstić information content (AvgIpc) is 2.42. The molecule has 0 aliphatic carbocycles. The molecular weight excluding hydrogens is 268 g/mol. The lowest BCUT2D eigenvalue weighted by Gasteiger charge is -2.17. The maximum absolute atomic E-state index is 11.4. The largest absolute Gasteiger partial charge is 0.481 e. The quantitative estimate of drug-likeness (QED) is 0.258. The number of carbonyl (C=O) groups is 3. The third-order valence-electron chi connectivity index (χ3n) is 1.96. The molecule has 20 heavy (non-hydrogen) atoms. The molecule has 0 fully saturated rings. The number of ether oxygens (including phenoxy) is 3. The van der Waals surface area contributed by atoms with Crippen molar-refractivity contribution in [3.63, 3.8) is 0 Å². The third kappa shape index (κ3) is 9.84. The number of hydrogen-bond donors (Lipinski definition) is 1. The van der Waals surface area contributed by atoms with Crippen LogP contribution in [0.2, 0.25) is 0 Å². The molecular formula is C13H18O7. The topological polar surface area (TPSA) is 99.1 Å². The molecule has 0 aromatic carbocycles. The van der Waals surface area contributed by atoms with Crippen molar-refractivity contribution in [2.24, 2.45) is 0 Å². The highest BCUT2D eigenvalue weighted by atomic mass is 16.6. The van der Waals surface area contributed by atoms with Gasteiger partial charge in [-0.25, -0.2) is 4.79 Å². The summed E-state index contributed by atoms with van der Waals surface area (Å²) in [6.45, 7) is 6.75. The minimum absolute atomic E-state index is 0.00918. The molecule has 0 aromatic rings. The van der Waals surface area contributed by atoms with E-state index < -0.39 is 24.0 Å². The van der Waals surface area contributed by atoms with E-state index in [2.05, 4.69) is 13.2 Å². The molecule has 0 saturated heterocycles. The molecule has 1 unspecified atom stereocenters. The lowest BCUT2D eigenvalue weighted by Crippen LogP contribution is -2.29. The summed E-state index contributed by atoms with van der Waals surface area (Å²) in [6, 6.07) is 0. The van der Waals surface area contributed by atoms with E-state index >= 15 is 0 Å². The smallest absolute Gasteiger partial charge is 0.330 e. The molecule has 0 amide bonds. The molecule has 0 aliphatic rings. The second kappa shape index (κ2) is 10.7. The fourth-order valence-electron chi connectivity index (χ4n) is 1.09. The van der Waals surface area contributed by atoms with Crippen molar-refractivity contribution in [3.8, 4) is 0 Å². The minimum Gasteiger partial charge on any atom is -0.481 e. The van der Waals surface area contributed by atoms with Crippen LogP contribution in [0.3, 0.4) is 0 Å². The first-order valence-corrected chi connectivity index (χ1v) is 5.88. The zero-order valence-electron chi connectivity index (χ0n) is 11.1. The predicted molar refractivity (Wildman–Crippen MR) is 68.9 cm³/mol. The second-order valence-electron chi connectivity index (χ2n) is 3.67. The second-order valence-corrected chi connectivity index (χ2v) is 3.67. The van der Waals surface area contributed by atoms with Gasteiger partial charge in [0.1, 0.15) is 6.61 Å². The van der Waals surface area contributed by atoms with Crippen LogP contribution in [0, 0.1) is 0 Å². The first kappa shape index (κ1) is 17.8. The molecule has 0 spiro atoms. The standard InChI is InChI=1S/C13H18O7/c1-3-7-18-8-10(9-19-12(16)4-2)20-13(17)6-5-11(14)15/h3-4,10H,1-2,5-9H2,(H,14,15). The Labute approximate surface area is 116 Å². The Bertz CT molecular complexity index is 362. The molecule has 0 heterocycles. The summed E-state index contributed by atoms with van der Waals surface area (Å²) >= 11 is 0. The molecule has 0 bridgehead atoms. The van der Waals surface area contributed by atoms with Crippen LogP contribution in [0.15, 0.2) is 25.3 Å². The molecule has 1 atom stereocenters. The van der Waals surface area contributed by atoms with E-state index in [1.807, 2.05) is 0 Å². The molecule has 0 saturated carbocycles. The van der Waals surface area contributed by atoms with Crippen LogP contribution in [-0.4, -0.2) is 48.9 Å². The highest BCUT2D eigenvalue weighted by Gasteiger charge is 2.17. The van der Waals surface area contributed by atoms with Gasteiger partial charge in [0.05, 0.1) is 26.1 Å². The van der Waals surface area contributed by atoms with Gasteiger partial charge in [0.25, 0.3) is 0 Å². The Hall–Kier alpha value is -2.15. The van der Waals surface area contributed by atoms with Crippen molar-refractivity contribution in [1.82, 2.24) is 0 Å². The predicted octanol–water partition coefficient (Wildman–Crippen LogP) is 0.695. The van der Waals surface area contributed by atoms with E-state index in [0.29, 0.717) is 0 Å². The molecule has 0 rings (SSSR count). The Kier molecular flexibility index (Phi) is 9.59. The zero-order chi connectivity index (χ0) is 15.4. The molecule has 0 aliphatic heterocycles. The molecule has 1 N–H and O–H groups in total. The number of rotatable bonds is 11. The van der Waals surface area contributed by atoms with Crippen molar-refractivity contribution in [3.05, 3.63) is 25.3 Å². The highest BCUT2D eigenvalue weighted by molar-refractivity contribution is 5.81. The summed E-state index contributed by atoms with van der Waals surface area (Å²) in [5, 5.41) is 8.45. The van der Waals surface area contributed by atoms with Gasteiger partial charge in [0, 0.05) is 6.08 Å². The normalized spacial score (nSPS) is 11.2. The van der Waals surface area contributed by atoms with Gasteiger partial charge in [0.15, 0.2) is 6.10 Å². The number of esters is 2. The average molecular weight is 286 g/mol. The fraction of sp³-hybridized carbons (Fsp3) is 0.462. The summed E-state index contributed by atoms with van der Waals surface area (Å²) in [5.41, 5.74) is 0. The first-order chi connectivity index (χ1) is 9.49. The fourth-order valence-corrected chi connectivity index (χ4v) is 1.09. The Morgan fingerprint density at radius 3 is 2.40 bits per heavy atom. The molecule has 0 aromatic heterocycles. The van der Waals surface area contributed by atoms with Gasteiger partial charge in [-0.15, -0.1) is 6.58 Å². The van der Waals surface area contributed by atoms with Gasteiger partial charge in [0.2, 0.25) is 0 Å². The molecule has 0 radical (unpaired) electrons. The van der Waals surface area contributed by atoms with Crippen LogP contribution in [0.5, 0.6) is 0 Å². The lowest BCUT2D eigenvalue weighted by molar-refractivity contribution is -0.161. The summed E-state index contributed by atoms with van der Waals surface area (Å²) in [7, 11) is 0. The first-order valence-electron chi connectivity index (χ1n) is 5.88. The SMILES string of the molecule is C=CCOCC(COC(=O)C=C)OC(=O)CCC(=O)O. The van der Waals surface area contributed by atoms with Crippen LogP contribution in [0.25, 0.3) is 0 Å². The van der Waals surface area contributed by atoms with E-state index in [9.17, 15) is 14.4 Å². The summed E-state index contributed by atoms with van der Waals surface area (Å²) in [5.74, 6) is -2.45. The number of hydrogen-bond acceptors (Lipinski definition) is 6. The third-order valence-corrected chi connectivity index (χ3v) is 1.96. The van der Waals surface area contributed by atoms with Crippen LogP contribution in [0.4, 0.5) is 0 Å². The maximum atomic E-state index is 11.4. The summed E-state index contributed by atoms with van der Waals surface area (Å²) < 4.78 is 14.8. The monoisotopic (exact) mass is 286 g/mol. The van der Waals surface area contributed by atoms with E-state index in [0.717, 1.165) is 6.08 Å². The maximum Gasteiger partial charge on any atom is 0.330 e. The van der Waals surface area contributed by atoms with Gasteiger partial charge in [-0.3, -0.25) is 9.59 Å². The van der Waals surface area contributed by atoms with Gasteiger partial charge in [-0.1, -0.05) is 12.7 Å². The van der Waals surface area contributed by atoms with Crippen LogP contribution in [0.1, 0.15) is 12.8 Å². The summed E-state index contributed by atoms with van der Waals surface area (Å²) in [4.78, 5) is 32.6. The Morgan fingerprint density at radius 2 is 1.85 bits per heavy atom. The Balaban J connectivity index is 4.23. The van der Waals surface area contributed by atoms with Crippen LogP contribution in [-0.2, 0) is 28.6 Å². The number of carboxylic acid groups (broad SMARTS) is 1. The summed E-state index contributed by atoms with van der Waals surface area (Å²) in [6.07, 6.45) is 1.10. The van der Waals surface area contributed by atoms with Gasteiger partial charge < -0.3 is 19.3 Å². The number of carboxylic acids is 1. The van der Waals surface area contributed by atoms with Crippen LogP contribution < -0.4 is 0 Å². The van der Waals surface area contributed by atoms with Gasteiger partial charge >= 0.3 is 17.9 Å². The van der Waals surface area contributed by atoms with Crippen molar-refractivity contribution >= 4 is 17.9 Å². The van der Waals surface area contributed by atoms with E-state index in [1.54, 1.807) is 0 Å². The van der Waals surface area contributed by atoms with Crippen molar-refractivity contribution in [1.29, 1.82) is 0 Å². The van der Waals surface area contributed by atoms with Gasteiger partial charge in [-0.2, -0.15) is 0 Å². The molecule has 7 heteroatoms. The molecule has 7 nitrogen and oxygen atoms in total. The van der Waals surface area contributed by atoms with Crippen molar-refractivity contribution < 1.29 is 33.7 Å². The minimum atomic E-state index is -1.10. The van der Waals surface area contributed by atoms with E-state index in [-0.39, 0.29) is 32.7 Å². The zero-order valence-corrected chi connectivity index (χ0v) is 11.1. The van der Waals surface area contributed by atoms with Crippen molar-refractivity contribution in [2.75, 3.05) is 19.8 Å². The van der Waals surface area contributed by atoms with Crippen molar-refractivity contribution in [2.45, 2.75) is 18.9 Å². The van der Waals surface area contributed by atoms with E-state index in [4.69, 9.17) is 19.3 Å². The number of carbonyl (C=O) groups excluding carboxylic acids is 2. The molecule has 112 valence electrons. The lowest BCUT2D eigenvalue weighted by atomic mass is 10.3. The van der Waals surface area contributed by atoms with Crippen LogP contribution >= 0.6 is 0 Å². The highest BCUT2D eigenvalue weighted by Crippen LogP contribution is 2.01. The van der Waals surface area contributed by atoms with E-state index in [1.165, 1.54) is 6.08 Å². The number of aliphatic carboxylic acids is 1.